The van der Waals surface area contributed by atoms with E-state index < -0.39 is 23.9 Å². The highest BCUT2D eigenvalue weighted by Gasteiger charge is 2.15. The monoisotopic (exact) mass is 672 g/mol. The summed E-state index contributed by atoms with van der Waals surface area (Å²) in [5.41, 5.74) is 3.66. The SMILES string of the molecule is C=C=CC(=O)OCCOc1ccc2cc(C(=O)Oc3ccc(OC(=O)c4ccc5cc(OCCOC(=O)C=C)ccc5c4)c(C)c3)ccc2c1. The largest absolute Gasteiger partial charge is 0.490 e. The molecule has 0 N–H and O–H groups in total. The minimum absolute atomic E-state index is 0.0758. The molecule has 0 saturated carbocycles. The summed E-state index contributed by atoms with van der Waals surface area (Å²) < 4.78 is 32.4. The lowest BCUT2D eigenvalue weighted by molar-refractivity contribution is -0.139. The number of ether oxygens (including phenoxy) is 6. The number of carbonyl (C=O) groups is 4. The smallest absolute Gasteiger partial charge is 0.343 e. The molecule has 0 aliphatic heterocycles. The van der Waals surface area contributed by atoms with E-state index in [1.807, 2.05) is 24.3 Å². The van der Waals surface area contributed by atoms with Gasteiger partial charge in [-0.05, 0) is 101 Å². The average Bonchev–Trinajstić information content (AvgIpc) is 3.12. The van der Waals surface area contributed by atoms with E-state index in [1.165, 1.54) is 0 Å². The number of benzene rings is 5. The fraction of sp³-hybridized carbons (Fsp3) is 0.125. The zero-order valence-corrected chi connectivity index (χ0v) is 27.1. The van der Waals surface area contributed by atoms with E-state index in [0.717, 1.165) is 33.7 Å². The van der Waals surface area contributed by atoms with Crippen molar-refractivity contribution in [2.24, 2.45) is 0 Å². The van der Waals surface area contributed by atoms with Gasteiger partial charge in [-0.15, -0.1) is 5.73 Å². The Bertz CT molecular complexity index is 2140. The number of carbonyl (C=O) groups excluding carboxylic acids is 4. The van der Waals surface area contributed by atoms with Gasteiger partial charge in [-0.3, -0.25) is 0 Å². The number of fused-ring (bicyclic) bond motifs is 2. The van der Waals surface area contributed by atoms with Crippen LogP contribution in [0.1, 0.15) is 26.3 Å². The highest BCUT2D eigenvalue weighted by Crippen LogP contribution is 2.28. The van der Waals surface area contributed by atoms with Crippen LogP contribution in [-0.4, -0.2) is 50.3 Å². The molecule has 0 bridgehead atoms. The third-order valence-corrected chi connectivity index (χ3v) is 7.23. The average molecular weight is 673 g/mol. The lowest BCUT2D eigenvalue weighted by Crippen LogP contribution is -2.11. The maximum atomic E-state index is 13.0. The van der Waals surface area contributed by atoms with Crippen molar-refractivity contribution in [1.82, 2.24) is 0 Å². The lowest BCUT2D eigenvalue weighted by atomic mass is 10.1. The number of rotatable bonds is 14. The fourth-order valence-electron chi connectivity index (χ4n) is 4.79. The summed E-state index contributed by atoms with van der Waals surface area (Å²) in [6.07, 6.45) is 2.19. The first kappa shape index (κ1) is 34.7. The Hall–Kier alpha value is -6.64. The molecule has 0 atom stereocenters. The van der Waals surface area contributed by atoms with Crippen molar-refractivity contribution in [3.8, 4) is 23.0 Å². The van der Waals surface area contributed by atoms with Gasteiger partial charge in [-0.1, -0.05) is 37.4 Å². The molecule has 252 valence electrons. The van der Waals surface area contributed by atoms with Gasteiger partial charge in [-0.2, -0.15) is 0 Å². The molecule has 0 saturated heterocycles. The van der Waals surface area contributed by atoms with Crippen molar-refractivity contribution in [2.45, 2.75) is 6.92 Å². The Balaban J connectivity index is 1.15. The molecule has 50 heavy (non-hydrogen) atoms. The molecular formula is C40H32O10. The summed E-state index contributed by atoms with van der Waals surface area (Å²) >= 11 is 0. The van der Waals surface area contributed by atoms with Gasteiger partial charge >= 0.3 is 23.9 Å². The van der Waals surface area contributed by atoms with Crippen molar-refractivity contribution in [3.05, 3.63) is 139 Å². The van der Waals surface area contributed by atoms with Crippen molar-refractivity contribution in [1.29, 1.82) is 0 Å². The van der Waals surface area contributed by atoms with Crippen LogP contribution in [0.2, 0.25) is 0 Å². The summed E-state index contributed by atoms with van der Waals surface area (Å²) in [5, 5.41) is 3.31. The van der Waals surface area contributed by atoms with Gasteiger partial charge in [0.1, 0.15) is 49.4 Å². The maximum Gasteiger partial charge on any atom is 0.343 e. The first-order valence-corrected chi connectivity index (χ1v) is 15.4. The van der Waals surface area contributed by atoms with E-state index in [1.54, 1.807) is 73.7 Å². The molecule has 0 amide bonds. The molecule has 0 spiro atoms. The maximum absolute atomic E-state index is 13.0. The molecular weight excluding hydrogens is 640 g/mol. The molecule has 0 aromatic heterocycles. The second-order valence-electron chi connectivity index (χ2n) is 10.7. The summed E-state index contributed by atoms with van der Waals surface area (Å²) in [5.74, 6) is -0.347. The van der Waals surface area contributed by atoms with Gasteiger partial charge in [-0.25, -0.2) is 19.2 Å². The fourth-order valence-corrected chi connectivity index (χ4v) is 4.79. The second-order valence-corrected chi connectivity index (χ2v) is 10.7. The van der Waals surface area contributed by atoms with Crippen LogP contribution in [0.25, 0.3) is 21.5 Å². The third kappa shape index (κ3) is 9.25. The summed E-state index contributed by atoms with van der Waals surface area (Å²) in [6, 6.07) is 25.9. The van der Waals surface area contributed by atoms with Crippen LogP contribution in [0.4, 0.5) is 0 Å². The van der Waals surface area contributed by atoms with Gasteiger partial charge in [0, 0.05) is 6.08 Å². The van der Waals surface area contributed by atoms with Gasteiger partial charge in [0.05, 0.1) is 17.2 Å². The van der Waals surface area contributed by atoms with Crippen LogP contribution in [0.3, 0.4) is 0 Å². The van der Waals surface area contributed by atoms with Crippen LogP contribution in [-0.2, 0) is 19.1 Å². The predicted octanol–water partition coefficient (Wildman–Crippen LogP) is 7.11. The number of esters is 4. The normalized spacial score (nSPS) is 10.4. The summed E-state index contributed by atoms with van der Waals surface area (Å²) in [6.45, 7) is 8.94. The molecule has 5 rings (SSSR count). The minimum atomic E-state index is -0.549. The highest BCUT2D eigenvalue weighted by molar-refractivity contribution is 5.98. The van der Waals surface area contributed by atoms with Crippen LogP contribution in [0, 0.1) is 6.92 Å². The molecule has 0 fully saturated rings. The summed E-state index contributed by atoms with van der Waals surface area (Å²) in [4.78, 5) is 48.5. The van der Waals surface area contributed by atoms with E-state index in [9.17, 15) is 19.2 Å². The molecule has 5 aromatic rings. The van der Waals surface area contributed by atoms with Gasteiger partial charge in [0.15, 0.2) is 0 Å². The summed E-state index contributed by atoms with van der Waals surface area (Å²) in [7, 11) is 0. The van der Waals surface area contributed by atoms with E-state index in [2.05, 4.69) is 18.9 Å². The van der Waals surface area contributed by atoms with Crippen molar-refractivity contribution < 1.29 is 47.6 Å². The first-order valence-electron chi connectivity index (χ1n) is 15.4. The number of aryl methyl sites for hydroxylation is 1. The molecule has 10 nitrogen and oxygen atoms in total. The molecule has 0 aliphatic carbocycles. The molecule has 0 unspecified atom stereocenters. The minimum Gasteiger partial charge on any atom is -0.490 e. The van der Waals surface area contributed by atoms with E-state index in [-0.39, 0.29) is 26.4 Å². The van der Waals surface area contributed by atoms with E-state index in [4.69, 9.17) is 28.4 Å². The standard InChI is InChI=1S/C40H32O10/c1-4-6-38(42)48-20-18-46-34-13-11-27-22-31(9-7-29(27)24-34)39(43)49-35-15-16-36(26(3)21-35)50-40(44)32-10-8-30-25-33(14-12-28(30)23-32)45-17-19-47-37(41)5-2/h5-16,21-25H,1-2,17-20H2,3H3. The predicted molar refractivity (Wildman–Crippen MR) is 186 cm³/mol. The topological polar surface area (TPSA) is 124 Å². The first-order chi connectivity index (χ1) is 24.2. The quantitative estimate of drug-likeness (QED) is 0.0396. The van der Waals surface area contributed by atoms with E-state index in [0.29, 0.717) is 39.7 Å². The van der Waals surface area contributed by atoms with Crippen molar-refractivity contribution >= 4 is 45.4 Å². The number of hydrogen-bond acceptors (Lipinski definition) is 10. The Morgan fingerprint density at radius 3 is 1.64 bits per heavy atom. The second kappa shape index (κ2) is 16.5. The van der Waals surface area contributed by atoms with Gasteiger partial charge < -0.3 is 28.4 Å². The zero-order chi connectivity index (χ0) is 35.5. The Kier molecular flexibility index (Phi) is 11.4. The Morgan fingerprint density at radius 2 is 1.10 bits per heavy atom. The Morgan fingerprint density at radius 1 is 0.600 bits per heavy atom. The molecule has 5 aromatic carbocycles. The molecule has 0 heterocycles. The number of hydrogen-bond donors (Lipinski definition) is 0. The van der Waals surface area contributed by atoms with Gasteiger partial charge in [0.2, 0.25) is 0 Å². The molecule has 0 radical (unpaired) electrons. The lowest BCUT2D eigenvalue weighted by Gasteiger charge is -2.11. The van der Waals surface area contributed by atoms with Crippen LogP contribution in [0.15, 0.2) is 122 Å². The van der Waals surface area contributed by atoms with Crippen LogP contribution in [0.5, 0.6) is 23.0 Å². The zero-order valence-electron chi connectivity index (χ0n) is 27.1. The van der Waals surface area contributed by atoms with Crippen LogP contribution >= 0.6 is 0 Å². The highest BCUT2D eigenvalue weighted by atomic mass is 16.6. The van der Waals surface area contributed by atoms with Crippen molar-refractivity contribution in [2.75, 3.05) is 26.4 Å². The van der Waals surface area contributed by atoms with Crippen molar-refractivity contribution in [3.63, 3.8) is 0 Å². The Labute approximate surface area is 287 Å². The molecule has 0 aliphatic rings. The third-order valence-electron chi connectivity index (χ3n) is 7.23. The van der Waals surface area contributed by atoms with Gasteiger partial charge in [0.25, 0.3) is 0 Å². The molecule has 10 heteroatoms. The van der Waals surface area contributed by atoms with Crippen LogP contribution < -0.4 is 18.9 Å². The van der Waals surface area contributed by atoms with E-state index >= 15 is 0 Å².